The molecule has 3 N–H and O–H groups in total. The molecule has 1 aromatic heterocycles. The lowest BCUT2D eigenvalue weighted by atomic mass is 10.4. The van der Waals surface area contributed by atoms with Crippen molar-refractivity contribution in [1.29, 1.82) is 0 Å². The van der Waals surface area contributed by atoms with E-state index in [1.165, 1.54) is 13.3 Å². The Kier molecular flexibility index (Phi) is 5.83. The average molecular weight is 275 g/mol. The zero-order chi connectivity index (χ0) is 13.4. The number of hydrogen-bond acceptors (Lipinski definition) is 6. The predicted molar refractivity (Wildman–Crippen MR) is 68.1 cm³/mol. The van der Waals surface area contributed by atoms with E-state index in [2.05, 4.69) is 9.71 Å². The highest BCUT2D eigenvalue weighted by Gasteiger charge is 2.10. The van der Waals surface area contributed by atoms with Crippen molar-refractivity contribution in [3.05, 3.63) is 18.3 Å². The van der Waals surface area contributed by atoms with Gasteiger partial charge in [-0.25, -0.2) is 13.4 Å². The number of nitrogens with two attached hydrogens (primary N) is 1. The van der Waals surface area contributed by atoms with Gasteiger partial charge >= 0.3 is 0 Å². The molecule has 1 aromatic rings. The van der Waals surface area contributed by atoms with E-state index in [9.17, 15) is 8.42 Å². The van der Waals surface area contributed by atoms with E-state index in [-0.39, 0.29) is 12.4 Å². The molecule has 0 atom stereocenters. The van der Waals surface area contributed by atoms with Crippen molar-refractivity contribution >= 4 is 15.7 Å². The zero-order valence-corrected chi connectivity index (χ0v) is 10.9. The molecule has 0 fully saturated rings. The molecule has 0 saturated heterocycles. The molecule has 0 radical (unpaired) electrons. The van der Waals surface area contributed by atoms with E-state index in [1.54, 1.807) is 12.1 Å². The summed E-state index contributed by atoms with van der Waals surface area (Å²) < 4.78 is 35.5. The molecule has 0 aliphatic carbocycles. The monoisotopic (exact) mass is 275 g/mol. The number of pyridine rings is 1. The van der Waals surface area contributed by atoms with Crippen molar-refractivity contribution in [3.8, 4) is 5.88 Å². The van der Waals surface area contributed by atoms with Crippen LogP contribution in [0.15, 0.2) is 18.3 Å². The lowest BCUT2D eigenvalue weighted by Crippen LogP contribution is -2.21. The number of hydrogen-bond donors (Lipinski definition) is 2. The smallest absolute Gasteiger partial charge is 0.235 e. The Morgan fingerprint density at radius 1 is 1.39 bits per heavy atom. The molecule has 7 nitrogen and oxygen atoms in total. The van der Waals surface area contributed by atoms with Crippen LogP contribution in [0.4, 0.5) is 5.69 Å². The molecule has 0 aromatic carbocycles. The molecule has 18 heavy (non-hydrogen) atoms. The van der Waals surface area contributed by atoms with Crippen LogP contribution in [0.25, 0.3) is 0 Å². The standard InChI is InChI=1S/C10H17N3O4S/c1-16-10-3-2-9(8-12-10)13-18(14,15)7-6-17-5-4-11/h2-3,8,13H,4-7,11H2,1H3. The van der Waals surface area contributed by atoms with Gasteiger partial charge in [-0.05, 0) is 6.07 Å². The Morgan fingerprint density at radius 2 is 2.17 bits per heavy atom. The van der Waals surface area contributed by atoms with E-state index >= 15 is 0 Å². The van der Waals surface area contributed by atoms with Gasteiger partial charge < -0.3 is 15.2 Å². The molecule has 0 unspecified atom stereocenters. The highest BCUT2D eigenvalue weighted by Crippen LogP contribution is 2.12. The molecule has 0 spiro atoms. The first kappa shape index (κ1) is 14.7. The van der Waals surface area contributed by atoms with Gasteiger partial charge in [-0.2, -0.15) is 0 Å². The van der Waals surface area contributed by atoms with Crippen molar-refractivity contribution in [3.63, 3.8) is 0 Å². The third-order valence-electron chi connectivity index (χ3n) is 1.98. The van der Waals surface area contributed by atoms with Gasteiger partial charge in [0.15, 0.2) is 0 Å². The van der Waals surface area contributed by atoms with Gasteiger partial charge in [-0.3, -0.25) is 4.72 Å². The molecular weight excluding hydrogens is 258 g/mol. The van der Waals surface area contributed by atoms with Gasteiger partial charge in [-0.15, -0.1) is 0 Å². The number of sulfonamides is 1. The third kappa shape index (κ3) is 5.30. The van der Waals surface area contributed by atoms with Crippen molar-refractivity contribution in [1.82, 2.24) is 4.98 Å². The Bertz CT molecular complexity index is 447. The van der Waals surface area contributed by atoms with Crippen LogP contribution in [0, 0.1) is 0 Å². The lowest BCUT2D eigenvalue weighted by molar-refractivity contribution is 0.157. The number of aromatic nitrogens is 1. The van der Waals surface area contributed by atoms with Gasteiger partial charge in [-0.1, -0.05) is 0 Å². The van der Waals surface area contributed by atoms with E-state index < -0.39 is 10.0 Å². The van der Waals surface area contributed by atoms with Crippen molar-refractivity contribution in [2.45, 2.75) is 0 Å². The number of nitrogens with zero attached hydrogens (tertiary/aromatic N) is 1. The summed E-state index contributed by atoms with van der Waals surface area (Å²) >= 11 is 0. The van der Waals surface area contributed by atoms with Crippen LogP contribution in [-0.2, 0) is 14.8 Å². The summed E-state index contributed by atoms with van der Waals surface area (Å²) in [6.07, 6.45) is 1.39. The Morgan fingerprint density at radius 3 is 2.72 bits per heavy atom. The van der Waals surface area contributed by atoms with Crippen LogP contribution in [-0.4, -0.2) is 46.0 Å². The average Bonchev–Trinajstić information content (AvgIpc) is 2.35. The molecule has 1 heterocycles. The van der Waals surface area contributed by atoms with Crippen LogP contribution >= 0.6 is 0 Å². The molecule has 1 rings (SSSR count). The first-order chi connectivity index (χ1) is 8.57. The number of methoxy groups -OCH3 is 1. The van der Waals surface area contributed by atoms with E-state index in [0.717, 1.165) is 0 Å². The molecule has 0 aliphatic heterocycles. The summed E-state index contributed by atoms with van der Waals surface area (Å²) in [6.45, 7) is 0.825. The fourth-order valence-electron chi connectivity index (χ4n) is 1.15. The maximum absolute atomic E-state index is 11.6. The molecule has 8 heteroatoms. The molecule has 0 saturated carbocycles. The van der Waals surface area contributed by atoms with Crippen LogP contribution in [0.3, 0.4) is 0 Å². The fraction of sp³-hybridized carbons (Fsp3) is 0.500. The van der Waals surface area contributed by atoms with Gasteiger partial charge in [0.2, 0.25) is 15.9 Å². The zero-order valence-electron chi connectivity index (χ0n) is 10.1. The van der Waals surface area contributed by atoms with Crippen molar-refractivity contribution < 1.29 is 17.9 Å². The summed E-state index contributed by atoms with van der Waals surface area (Å²) in [5.41, 5.74) is 5.60. The summed E-state index contributed by atoms with van der Waals surface area (Å²) in [5.74, 6) is 0.295. The van der Waals surface area contributed by atoms with Crippen LogP contribution < -0.4 is 15.2 Å². The van der Waals surface area contributed by atoms with Crippen LogP contribution in [0.1, 0.15) is 0 Å². The van der Waals surface area contributed by atoms with E-state index in [1.807, 2.05) is 0 Å². The second-order valence-electron chi connectivity index (χ2n) is 3.41. The minimum atomic E-state index is -3.43. The van der Waals surface area contributed by atoms with Crippen molar-refractivity contribution in [2.75, 3.05) is 37.3 Å². The Hall–Kier alpha value is -1.38. The number of rotatable bonds is 8. The molecule has 0 aliphatic rings. The minimum absolute atomic E-state index is 0.107. The summed E-state index contributed by atoms with van der Waals surface area (Å²) in [7, 11) is -1.94. The predicted octanol–water partition coefficient (Wildman–Crippen LogP) is -0.193. The Balaban J connectivity index is 2.48. The van der Waals surface area contributed by atoms with E-state index in [4.69, 9.17) is 15.2 Å². The van der Waals surface area contributed by atoms with Gasteiger partial charge in [0.05, 0.1) is 38.0 Å². The van der Waals surface area contributed by atoms with Crippen LogP contribution in [0.5, 0.6) is 5.88 Å². The first-order valence-corrected chi connectivity index (χ1v) is 7.01. The van der Waals surface area contributed by atoms with Gasteiger partial charge in [0, 0.05) is 12.6 Å². The second kappa shape index (κ2) is 7.14. The normalized spacial score (nSPS) is 11.2. The van der Waals surface area contributed by atoms with Crippen LogP contribution in [0.2, 0.25) is 0 Å². The molecule has 0 amide bonds. The van der Waals surface area contributed by atoms with Crippen molar-refractivity contribution in [2.24, 2.45) is 5.73 Å². The second-order valence-corrected chi connectivity index (χ2v) is 5.25. The topological polar surface area (TPSA) is 104 Å². The quantitative estimate of drug-likeness (QED) is 0.637. The molecular formula is C10H17N3O4S. The maximum Gasteiger partial charge on any atom is 0.235 e. The number of nitrogens with one attached hydrogen (secondary N) is 1. The summed E-state index contributed by atoms with van der Waals surface area (Å²) in [4.78, 5) is 3.89. The maximum atomic E-state index is 11.6. The summed E-state index contributed by atoms with van der Waals surface area (Å²) in [6, 6.07) is 3.15. The summed E-state index contributed by atoms with van der Waals surface area (Å²) in [5, 5.41) is 0. The highest BCUT2D eigenvalue weighted by atomic mass is 32.2. The number of ether oxygens (including phenoxy) is 2. The Labute approximate surface area is 106 Å². The molecule has 102 valence electrons. The highest BCUT2D eigenvalue weighted by molar-refractivity contribution is 7.92. The number of anilines is 1. The lowest BCUT2D eigenvalue weighted by Gasteiger charge is -2.08. The minimum Gasteiger partial charge on any atom is -0.481 e. The SMILES string of the molecule is COc1ccc(NS(=O)(=O)CCOCCN)cn1. The first-order valence-electron chi connectivity index (χ1n) is 5.36. The largest absolute Gasteiger partial charge is 0.481 e. The van der Waals surface area contributed by atoms with E-state index in [0.29, 0.717) is 24.7 Å². The fourth-order valence-corrected chi connectivity index (χ4v) is 2.07. The van der Waals surface area contributed by atoms with Gasteiger partial charge in [0.1, 0.15) is 0 Å². The molecule has 0 bridgehead atoms. The third-order valence-corrected chi connectivity index (χ3v) is 3.23. The van der Waals surface area contributed by atoms with Gasteiger partial charge in [0.25, 0.3) is 0 Å².